The van der Waals surface area contributed by atoms with Crippen LogP contribution < -0.4 is 5.32 Å². The van der Waals surface area contributed by atoms with Crippen LogP contribution in [0.4, 0.5) is 0 Å². The maximum Gasteiger partial charge on any atom is 0.308 e. The second kappa shape index (κ2) is 10.3. The Morgan fingerprint density at radius 2 is 1.76 bits per heavy atom. The minimum atomic E-state index is -3.28. The van der Waals surface area contributed by atoms with Gasteiger partial charge in [0.25, 0.3) is 0 Å². The third kappa shape index (κ3) is 6.27. The van der Waals surface area contributed by atoms with Crippen molar-refractivity contribution in [3.63, 3.8) is 0 Å². The summed E-state index contributed by atoms with van der Waals surface area (Å²) in [6, 6.07) is 16.6. The number of hydrogen-bond acceptors (Lipinski definition) is 7. The third-order valence-corrected chi connectivity index (χ3v) is 7.07. The molecule has 1 amide bonds. The van der Waals surface area contributed by atoms with Gasteiger partial charge in [0.15, 0.2) is 9.84 Å². The average Bonchev–Trinajstić information content (AvgIpc) is 3.31. The van der Waals surface area contributed by atoms with Crippen LogP contribution in [0.5, 0.6) is 0 Å². The minimum absolute atomic E-state index is 0.102. The van der Waals surface area contributed by atoms with Crippen LogP contribution in [0.1, 0.15) is 35.5 Å². The van der Waals surface area contributed by atoms with Crippen molar-refractivity contribution in [2.24, 2.45) is 5.92 Å². The van der Waals surface area contributed by atoms with Gasteiger partial charge in [-0.05, 0) is 68.1 Å². The molecule has 1 saturated heterocycles. The lowest BCUT2D eigenvalue weighted by molar-refractivity contribution is 0.0913. The maximum atomic E-state index is 12.4. The van der Waals surface area contributed by atoms with Gasteiger partial charge in [0.05, 0.1) is 4.90 Å². The van der Waals surface area contributed by atoms with Crippen molar-refractivity contribution in [1.29, 1.82) is 0 Å². The Kier molecular flexibility index (Phi) is 7.20. The van der Waals surface area contributed by atoms with Crippen molar-refractivity contribution in [2.45, 2.75) is 30.7 Å². The van der Waals surface area contributed by atoms with Gasteiger partial charge in [-0.3, -0.25) is 9.69 Å². The number of likely N-dealkylation sites (tertiary alicyclic amines) is 1. The number of nitrogens with zero attached hydrogens (tertiary/aromatic N) is 3. The minimum Gasteiger partial charge on any atom is -0.412 e. The predicted molar refractivity (Wildman–Crippen MR) is 124 cm³/mol. The van der Waals surface area contributed by atoms with Gasteiger partial charge in [-0.2, -0.15) is 0 Å². The van der Waals surface area contributed by atoms with E-state index >= 15 is 0 Å². The number of carbonyl (C=O) groups excluding carboxylic acids is 1. The van der Waals surface area contributed by atoms with Gasteiger partial charge in [-0.25, -0.2) is 8.42 Å². The molecular formula is C24H28N4O4S. The second-order valence-corrected chi connectivity index (χ2v) is 10.5. The molecule has 2 aromatic carbocycles. The molecule has 1 fully saturated rings. The van der Waals surface area contributed by atoms with E-state index in [0.29, 0.717) is 18.0 Å². The number of rotatable bonds is 8. The molecule has 2 heterocycles. The SMILES string of the molecule is CS(=O)(=O)c1ccc(-c2nnc(C(=O)NCCC3CCN(Cc4ccccc4)CC3)o2)cc1. The van der Waals surface area contributed by atoms with Crippen LogP contribution in [0.2, 0.25) is 0 Å². The first-order valence-corrected chi connectivity index (χ1v) is 13.0. The van der Waals surface area contributed by atoms with Crippen LogP contribution in [0.3, 0.4) is 0 Å². The fraction of sp³-hybridized carbons (Fsp3) is 0.375. The van der Waals surface area contributed by atoms with E-state index < -0.39 is 15.7 Å². The van der Waals surface area contributed by atoms with Gasteiger partial charge >= 0.3 is 11.8 Å². The largest absolute Gasteiger partial charge is 0.412 e. The number of sulfone groups is 1. The Morgan fingerprint density at radius 1 is 1.06 bits per heavy atom. The molecule has 33 heavy (non-hydrogen) atoms. The highest BCUT2D eigenvalue weighted by atomic mass is 32.2. The van der Waals surface area contributed by atoms with Crippen LogP contribution >= 0.6 is 0 Å². The number of nitrogens with one attached hydrogen (secondary N) is 1. The van der Waals surface area contributed by atoms with Crippen molar-refractivity contribution in [3.05, 3.63) is 66.1 Å². The highest BCUT2D eigenvalue weighted by Gasteiger charge is 2.20. The summed E-state index contributed by atoms with van der Waals surface area (Å²) in [6.45, 7) is 3.68. The fourth-order valence-electron chi connectivity index (χ4n) is 4.02. The highest BCUT2D eigenvalue weighted by molar-refractivity contribution is 7.90. The predicted octanol–water partition coefficient (Wildman–Crippen LogP) is 3.17. The van der Waals surface area contributed by atoms with Gasteiger partial charge in [0, 0.05) is 24.9 Å². The van der Waals surface area contributed by atoms with Crippen molar-refractivity contribution < 1.29 is 17.6 Å². The normalized spacial score (nSPS) is 15.4. The summed E-state index contributed by atoms with van der Waals surface area (Å²) in [7, 11) is -3.28. The number of hydrogen-bond donors (Lipinski definition) is 1. The van der Waals surface area contributed by atoms with E-state index in [9.17, 15) is 13.2 Å². The van der Waals surface area contributed by atoms with Gasteiger partial charge in [-0.15, -0.1) is 10.2 Å². The first kappa shape index (κ1) is 23.1. The zero-order valence-electron chi connectivity index (χ0n) is 18.6. The molecule has 0 unspecified atom stereocenters. The molecule has 0 spiro atoms. The van der Waals surface area contributed by atoms with Crippen LogP contribution in [-0.2, 0) is 16.4 Å². The molecule has 174 valence electrons. The molecule has 1 aliphatic rings. The molecule has 9 heteroatoms. The molecule has 1 aromatic heterocycles. The van der Waals surface area contributed by atoms with Crippen molar-refractivity contribution in [1.82, 2.24) is 20.4 Å². The van der Waals surface area contributed by atoms with Gasteiger partial charge in [0.2, 0.25) is 5.89 Å². The molecule has 0 bridgehead atoms. The summed E-state index contributed by atoms with van der Waals surface area (Å²) in [5.41, 5.74) is 1.89. The van der Waals surface area contributed by atoms with Crippen LogP contribution in [0.25, 0.3) is 11.5 Å². The third-order valence-electron chi connectivity index (χ3n) is 5.94. The Morgan fingerprint density at radius 3 is 2.42 bits per heavy atom. The van der Waals surface area contributed by atoms with E-state index in [1.807, 2.05) is 6.07 Å². The van der Waals surface area contributed by atoms with E-state index in [4.69, 9.17) is 4.42 Å². The lowest BCUT2D eigenvalue weighted by Gasteiger charge is -2.32. The van der Waals surface area contributed by atoms with Crippen molar-refractivity contribution >= 4 is 15.7 Å². The number of amides is 1. The lowest BCUT2D eigenvalue weighted by atomic mass is 9.93. The smallest absolute Gasteiger partial charge is 0.308 e. The molecule has 0 radical (unpaired) electrons. The van der Waals surface area contributed by atoms with E-state index in [1.165, 1.54) is 17.7 Å². The molecule has 0 aliphatic carbocycles. The molecule has 3 aromatic rings. The quantitative estimate of drug-likeness (QED) is 0.541. The summed E-state index contributed by atoms with van der Waals surface area (Å²) in [5, 5.41) is 10.6. The molecule has 8 nitrogen and oxygen atoms in total. The van der Waals surface area contributed by atoms with Gasteiger partial charge in [-0.1, -0.05) is 30.3 Å². The van der Waals surface area contributed by atoms with E-state index in [-0.39, 0.29) is 16.7 Å². The zero-order valence-corrected chi connectivity index (χ0v) is 19.4. The summed E-state index contributed by atoms with van der Waals surface area (Å²) in [6.07, 6.45) is 4.30. The molecule has 1 aliphatic heterocycles. The Labute approximate surface area is 193 Å². The fourth-order valence-corrected chi connectivity index (χ4v) is 4.65. The van der Waals surface area contributed by atoms with E-state index in [1.54, 1.807) is 12.1 Å². The molecular weight excluding hydrogens is 440 g/mol. The first-order chi connectivity index (χ1) is 15.9. The first-order valence-electron chi connectivity index (χ1n) is 11.1. The Balaban J connectivity index is 1.21. The van der Waals surface area contributed by atoms with E-state index in [2.05, 4.69) is 44.7 Å². The van der Waals surface area contributed by atoms with Crippen LogP contribution in [-0.4, -0.2) is 55.3 Å². The summed E-state index contributed by atoms with van der Waals surface area (Å²) >= 11 is 0. The Bertz CT molecular complexity index is 1170. The summed E-state index contributed by atoms with van der Waals surface area (Å²) in [4.78, 5) is 15.1. The topological polar surface area (TPSA) is 105 Å². The van der Waals surface area contributed by atoms with Crippen molar-refractivity contribution in [2.75, 3.05) is 25.9 Å². The van der Waals surface area contributed by atoms with Gasteiger partial charge in [0.1, 0.15) is 0 Å². The summed E-state index contributed by atoms with van der Waals surface area (Å²) < 4.78 is 28.6. The molecule has 4 rings (SSSR count). The van der Waals surface area contributed by atoms with Crippen LogP contribution in [0, 0.1) is 5.92 Å². The molecule has 0 atom stereocenters. The lowest BCUT2D eigenvalue weighted by Crippen LogP contribution is -2.34. The average molecular weight is 469 g/mol. The molecule has 0 saturated carbocycles. The van der Waals surface area contributed by atoms with Crippen LogP contribution in [0.15, 0.2) is 63.9 Å². The number of carbonyl (C=O) groups is 1. The van der Waals surface area contributed by atoms with E-state index in [0.717, 1.165) is 45.2 Å². The number of piperidine rings is 1. The standard InChI is InChI=1S/C24H28N4O4S/c1-33(30,31)21-9-7-20(8-10-21)23-26-27-24(32-23)22(29)25-14-11-18-12-15-28(16-13-18)17-19-5-3-2-4-6-19/h2-10,18H,11-17H2,1H3,(H,25,29). The monoisotopic (exact) mass is 468 g/mol. The maximum absolute atomic E-state index is 12.4. The number of benzene rings is 2. The second-order valence-electron chi connectivity index (χ2n) is 8.46. The summed E-state index contributed by atoms with van der Waals surface area (Å²) in [5.74, 6) is 0.257. The Hall–Kier alpha value is -3.04. The zero-order chi connectivity index (χ0) is 23.3. The van der Waals surface area contributed by atoms with Gasteiger partial charge < -0.3 is 9.73 Å². The molecule has 1 N–H and O–H groups in total. The van der Waals surface area contributed by atoms with Crippen molar-refractivity contribution in [3.8, 4) is 11.5 Å². The number of aromatic nitrogens is 2. The highest BCUT2D eigenvalue weighted by Crippen LogP contribution is 2.22.